The van der Waals surface area contributed by atoms with Gasteiger partial charge in [0.15, 0.2) is 5.96 Å². The van der Waals surface area contributed by atoms with Crippen molar-refractivity contribution < 1.29 is 14.3 Å². The van der Waals surface area contributed by atoms with Crippen LogP contribution in [0.15, 0.2) is 29.3 Å². The van der Waals surface area contributed by atoms with Crippen molar-refractivity contribution in [3.8, 4) is 0 Å². The second-order valence-electron chi connectivity index (χ2n) is 8.08. The van der Waals surface area contributed by atoms with Crippen LogP contribution in [0.5, 0.6) is 0 Å². The topological polar surface area (TPSA) is 75.2 Å². The number of nitrogens with zero attached hydrogens (tertiary/aromatic N) is 2. The molecule has 174 valence electrons. The van der Waals surface area contributed by atoms with Gasteiger partial charge in [-0.15, -0.1) is 24.0 Å². The second kappa shape index (κ2) is 13.2. The van der Waals surface area contributed by atoms with Gasteiger partial charge in [-0.05, 0) is 43.9 Å². The van der Waals surface area contributed by atoms with Gasteiger partial charge >= 0.3 is 0 Å². The highest BCUT2D eigenvalue weighted by molar-refractivity contribution is 14.0. The molecule has 1 aromatic rings. The summed E-state index contributed by atoms with van der Waals surface area (Å²) in [6.07, 6.45) is 3.31. The van der Waals surface area contributed by atoms with E-state index in [1.54, 1.807) is 0 Å². The highest BCUT2D eigenvalue weighted by atomic mass is 127. The predicted octanol–water partition coefficient (Wildman–Crippen LogP) is 3.63. The fourth-order valence-electron chi connectivity index (χ4n) is 3.78. The first-order valence-corrected chi connectivity index (χ1v) is 11.3. The lowest BCUT2D eigenvalue weighted by Gasteiger charge is -2.37. The van der Waals surface area contributed by atoms with Crippen LogP contribution in [0.4, 0.5) is 5.69 Å². The van der Waals surface area contributed by atoms with E-state index in [1.165, 1.54) is 0 Å². The van der Waals surface area contributed by atoms with Crippen LogP contribution in [0, 0.1) is 5.92 Å². The van der Waals surface area contributed by atoms with Gasteiger partial charge in [-0.25, -0.2) is 4.99 Å². The normalized spacial score (nSPS) is 22.5. The number of guanidine groups is 1. The van der Waals surface area contributed by atoms with Gasteiger partial charge in [0.1, 0.15) is 6.10 Å². The lowest BCUT2D eigenvalue weighted by atomic mass is 10.1. The van der Waals surface area contributed by atoms with Gasteiger partial charge in [-0.3, -0.25) is 4.79 Å². The van der Waals surface area contributed by atoms with Gasteiger partial charge in [0.05, 0.1) is 19.3 Å². The Labute approximate surface area is 203 Å². The van der Waals surface area contributed by atoms with Crippen molar-refractivity contribution in [3.63, 3.8) is 0 Å². The van der Waals surface area contributed by atoms with E-state index in [0.717, 1.165) is 62.7 Å². The minimum atomic E-state index is 0. The van der Waals surface area contributed by atoms with Crippen molar-refractivity contribution in [3.05, 3.63) is 29.8 Å². The zero-order chi connectivity index (χ0) is 21.3. The fraction of sp³-hybridized carbons (Fsp3) is 0.652. The maximum atomic E-state index is 12.2. The number of hydrogen-bond acceptors (Lipinski definition) is 4. The summed E-state index contributed by atoms with van der Waals surface area (Å²) in [5.74, 6) is 0.961. The van der Waals surface area contributed by atoms with Crippen molar-refractivity contribution in [1.82, 2.24) is 10.2 Å². The van der Waals surface area contributed by atoms with Gasteiger partial charge in [-0.1, -0.05) is 26.0 Å². The van der Waals surface area contributed by atoms with Gasteiger partial charge in [0, 0.05) is 37.8 Å². The maximum absolute atomic E-state index is 12.2. The van der Waals surface area contributed by atoms with Crippen LogP contribution in [0.25, 0.3) is 0 Å². The summed E-state index contributed by atoms with van der Waals surface area (Å²) in [4.78, 5) is 19.3. The van der Waals surface area contributed by atoms with Crippen molar-refractivity contribution >= 4 is 41.5 Å². The Kier molecular flexibility index (Phi) is 11.0. The quantitative estimate of drug-likeness (QED) is 0.312. The molecule has 2 saturated heterocycles. The number of halogens is 1. The van der Waals surface area contributed by atoms with Crippen LogP contribution in [-0.4, -0.2) is 61.8 Å². The van der Waals surface area contributed by atoms with Crippen LogP contribution < -0.4 is 10.6 Å². The Morgan fingerprint density at radius 2 is 2.06 bits per heavy atom. The molecule has 31 heavy (non-hydrogen) atoms. The highest BCUT2D eigenvalue weighted by Gasteiger charge is 2.32. The SMILES string of the molecule is CCNC(=NCc1cccc(NC(=O)C(C)CC)c1)N1CCOC(C2CCCO2)C1.I. The summed E-state index contributed by atoms with van der Waals surface area (Å²) >= 11 is 0. The molecule has 3 rings (SSSR count). The number of morpholine rings is 1. The molecular formula is C23H37IN4O3. The molecule has 0 radical (unpaired) electrons. The fourth-order valence-corrected chi connectivity index (χ4v) is 3.78. The number of carbonyl (C=O) groups excluding carboxylic acids is 1. The largest absolute Gasteiger partial charge is 0.375 e. The summed E-state index contributed by atoms with van der Waals surface area (Å²) < 4.78 is 11.8. The number of carbonyl (C=O) groups is 1. The molecule has 8 heteroatoms. The highest BCUT2D eigenvalue weighted by Crippen LogP contribution is 2.21. The molecule has 1 aromatic carbocycles. The van der Waals surface area contributed by atoms with Crippen LogP contribution in [-0.2, 0) is 20.8 Å². The Morgan fingerprint density at radius 3 is 2.77 bits per heavy atom. The standard InChI is InChI=1S/C23H36N4O3.HI/c1-4-17(3)22(28)26-19-9-6-8-18(14-19)15-25-23(24-5-2)27-11-13-30-21(16-27)20-10-7-12-29-20;/h6,8-9,14,17,20-21H,4-5,7,10-13,15-16H2,1-3H3,(H,24,25)(H,26,28);1H. The zero-order valence-corrected chi connectivity index (χ0v) is 21.3. The van der Waals surface area contributed by atoms with Gasteiger partial charge in [0.2, 0.25) is 5.91 Å². The van der Waals surface area contributed by atoms with Gasteiger partial charge in [-0.2, -0.15) is 0 Å². The van der Waals surface area contributed by atoms with E-state index in [9.17, 15) is 4.79 Å². The van der Waals surface area contributed by atoms with Gasteiger partial charge < -0.3 is 25.0 Å². The van der Waals surface area contributed by atoms with Crippen molar-refractivity contribution in [2.45, 2.75) is 58.8 Å². The zero-order valence-electron chi connectivity index (χ0n) is 18.9. The smallest absolute Gasteiger partial charge is 0.227 e. The second-order valence-corrected chi connectivity index (χ2v) is 8.08. The number of amides is 1. The first-order valence-electron chi connectivity index (χ1n) is 11.3. The molecular weight excluding hydrogens is 507 g/mol. The number of anilines is 1. The number of ether oxygens (including phenoxy) is 2. The summed E-state index contributed by atoms with van der Waals surface area (Å²) in [5, 5.41) is 6.42. The van der Waals surface area contributed by atoms with Crippen molar-refractivity contribution in [2.75, 3.05) is 38.2 Å². The number of rotatable bonds is 7. The molecule has 3 unspecified atom stereocenters. The monoisotopic (exact) mass is 544 g/mol. The molecule has 1 amide bonds. The van der Waals surface area contributed by atoms with Crippen LogP contribution in [0.3, 0.4) is 0 Å². The van der Waals surface area contributed by atoms with Crippen LogP contribution in [0.1, 0.15) is 45.6 Å². The van der Waals surface area contributed by atoms with E-state index in [0.29, 0.717) is 13.2 Å². The molecule has 7 nitrogen and oxygen atoms in total. The molecule has 2 fully saturated rings. The van der Waals surface area contributed by atoms with E-state index >= 15 is 0 Å². The summed E-state index contributed by atoms with van der Waals surface area (Å²) in [6.45, 7) is 10.5. The third kappa shape index (κ3) is 7.61. The molecule has 2 aliphatic rings. The van der Waals surface area contributed by atoms with Crippen LogP contribution >= 0.6 is 24.0 Å². The number of benzene rings is 1. The molecule has 2 aliphatic heterocycles. The molecule has 0 aliphatic carbocycles. The van der Waals surface area contributed by atoms with E-state index in [1.807, 2.05) is 38.1 Å². The lowest BCUT2D eigenvalue weighted by Crippen LogP contribution is -2.53. The number of hydrogen-bond donors (Lipinski definition) is 2. The summed E-state index contributed by atoms with van der Waals surface area (Å²) in [5.41, 5.74) is 1.89. The van der Waals surface area contributed by atoms with Gasteiger partial charge in [0.25, 0.3) is 0 Å². The average Bonchev–Trinajstić information content (AvgIpc) is 3.31. The van der Waals surface area contributed by atoms with Crippen LogP contribution in [0.2, 0.25) is 0 Å². The maximum Gasteiger partial charge on any atom is 0.227 e. The Hall–Kier alpha value is -1.39. The first kappa shape index (κ1) is 25.9. The molecule has 3 atom stereocenters. The lowest BCUT2D eigenvalue weighted by molar-refractivity contribution is -0.119. The summed E-state index contributed by atoms with van der Waals surface area (Å²) in [6, 6.07) is 7.93. The Bertz CT molecular complexity index is 725. The minimum absolute atomic E-state index is 0. The number of aliphatic imine (C=N–C) groups is 1. The van der Waals surface area contributed by atoms with E-state index in [-0.39, 0.29) is 48.0 Å². The third-order valence-electron chi connectivity index (χ3n) is 5.77. The van der Waals surface area contributed by atoms with Crippen molar-refractivity contribution in [1.29, 1.82) is 0 Å². The molecule has 2 heterocycles. The Morgan fingerprint density at radius 1 is 1.26 bits per heavy atom. The van der Waals surface area contributed by atoms with E-state index in [2.05, 4.69) is 22.5 Å². The third-order valence-corrected chi connectivity index (χ3v) is 5.77. The minimum Gasteiger partial charge on any atom is -0.375 e. The van der Waals surface area contributed by atoms with Crippen molar-refractivity contribution in [2.24, 2.45) is 10.9 Å². The molecule has 0 aromatic heterocycles. The molecule has 0 saturated carbocycles. The molecule has 0 spiro atoms. The average molecular weight is 544 g/mol. The Balaban J connectivity index is 0.00000341. The number of nitrogens with one attached hydrogen (secondary N) is 2. The predicted molar refractivity (Wildman–Crippen MR) is 135 cm³/mol. The molecule has 0 bridgehead atoms. The molecule has 2 N–H and O–H groups in total. The van der Waals surface area contributed by atoms with E-state index < -0.39 is 0 Å². The van der Waals surface area contributed by atoms with E-state index in [4.69, 9.17) is 14.5 Å². The first-order chi connectivity index (χ1) is 14.6. The summed E-state index contributed by atoms with van der Waals surface area (Å²) in [7, 11) is 0.